The zero-order valence-corrected chi connectivity index (χ0v) is 20.4. The Labute approximate surface area is 215 Å². The number of anilines is 2. The summed E-state index contributed by atoms with van der Waals surface area (Å²) < 4.78 is 28.7. The van der Waals surface area contributed by atoms with Crippen LogP contribution in [-0.4, -0.2) is 34.9 Å². The second-order valence-electron chi connectivity index (χ2n) is 8.80. The van der Waals surface area contributed by atoms with E-state index < -0.39 is 29.6 Å². The average molecular weight is 526 g/mol. The molecule has 2 aliphatic rings. The molecule has 1 aliphatic carbocycles. The number of benzene rings is 2. The molecular formula is C25H24FN5O5S. The minimum absolute atomic E-state index is 0.0139. The van der Waals surface area contributed by atoms with E-state index in [0.717, 1.165) is 25.7 Å². The van der Waals surface area contributed by atoms with Gasteiger partial charge in [-0.05, 0) is 54.2 Å². The molecule has 1 aromatic heterocycles. The van der Waals surface area contributed by atoms with E-state index in [4.69, 9.17) is 20.9 Å². The Bertz CT molecular complexity index is 1360. The largest absolute Gasteiger partial charge is 0.454 e. The van der Waals surface area contributed by atoms with Crippen molar-refractivity contribution < 1.29 is 28.2 Å². The lowest BCUT2D eigenvalue weighted by Gasteiger charge is -2.32. The van der Waals surface area contributed by atoms with Crippen molar-refractivity contribution in [1.82, 2.24) is 9.69 Å². The molecule has 5 N–H and O–H groups in total. The minimum Gasteiger partial charge on any atom is -0.454 e. The number of aromatic nitrogens is 1. The van der Waals surface area contributed by atoms with Gasteiger partial charge in [-0.15, -0.1) is 0 Å². The Hall–Kier alpha value is -4.19. The van der Waals surface area contributed by atoms with E-state index >= 15 is 0 Å². The van der Waals surface area contributed by atoms with Crippen molar-refractivity contribution in [2.45, 2.75) is 37.8 Å². The summed E-state index contributed by atoms with van der Waals surface area (Å²) in [7, 11) is 0. The van der Waals surface area contributed by atoms with E-state index in [1.54, 1.807) is 18.2 Å². The average Bonchev–Trinajstić information content (AvgIpc) is 3.63. The first kappa shape index (κ1) is 24.5. The number of nitrogens with two attached hydrogens (primary N) is 2. The molecule has 10 nitrogen and oxygen atoms in total. The topological polar surface area (TPSA) is 150 Å². The van der Waals surface area contributed by atoms with Crippen LogP contribution in [0.25, 0.3) is 0 Å². The first-order valence-corrected chi connectivity index (χ1v) is 12.4. The Morgan fingerprint density at radius 3 is 2.46 bits per heavy atom. The Kier molecular flexibility index (Phi) is 6.66. The number of amides is 3. The van der Waals surface area contributed by atoms with Gasteiger partial charge in [0.15, 0.2) is 17.2 Å². The molecule has 192 valence electrons. The summed E-state index contributed by atoms with van der Waals surface area (Å²) in [4.78, 5) is 40.8. The van der Waals surface area contributed by atoms with Crippen LogP contribution in [0.1, 0.15) is 57.4 Å². The first-order valence-electron chi connectivity index (χ1n) is 11.7. The number of fused-ring (bicyclic) bond motifs is 1. The lowest BCUT2D eigenvalue weighted by atomic mass is 10.0. The van der Waals surface area contributed by atoms with Gasteiger partial charge in [0.1, 0.15) is 16.7 Å². The summed E-state index contributed by atoms with van der Waals surface area (Å²) in [6, 6.07) is 8.91. The Balaban J connectivity index is 1.64. The highest BCUT2D eigenvalue weighted by molar-refractivity contribution is 7.09. The summed E-state index contributed by atoms with van der Waals surface area (Å²) in [5.41, 5.74) is 11.7. The number of hydrogen-bond donors (Lipinski definition) is 3. The predicted octanol–water partition coefficient (Wildman–Crippen LogP) is 3.14. The van der Waals surface area contributed by atoms with E-state index in [2.05, 4.69) is 9.69 Å². The molecule has 0 radical (unpaired) electrons. The number of carbonyl (C=O) groups excluding carboxylic acids is 3. The summed E-state index contributed by atoms with van der Waals surface area (Å²) in [6.45, 7) is 0.0139. The van der Waals surface area contributed by atoms with Crippen LogP contribution in [0.2, 0.25) is 0 Å². The summed E-state index contributed by atoms with van der Waals surface area (Å²) >= 11 is 0.706. The quantitative estimate of drug-likeness (QED) is 0.429. The van der Waals surface area contributed by atoms with Gasteiger partial charge < -0.3 is 26.3 Å². The van der Waals surface area contributed by atoms with Crippen LogP contribution in [0.15, 0.2) is 42.5 Å². The summed E-state index contributed by atoms with van der Waals surface area (Å²) in [6.07, 6.45) is 3.63. The predicted molar refractivity (Wildman–Crippen MR) is 134 cm³/mol. The summed E-state index contributed by atoms with van der Waals surface area (Å²) in [5.74, 6) is -1.62. The van der Waals surface area contributed by atoms with Crippen molar-refractivity contribution >= 4 is 40.6 Å². The van der Waals surface area contributed by atoms with Crippen molar-refractivity contribution in [3.8, 4) is 11.5 Å². The van der Waals surface area contributed by atoms with Gasteiger partial charge in [0.2, 0.25) is 12.7 Å². The molecule has 0 unspecified atom stereocenters. The number of primary amides is 1. The molecule has 37 heavy (non-hydrogen) atoms. The number of carbonyl (C=O) groups is 3. The number of hydrogen-bond acceptors (Lipinski definition) is 8. The van der Waals surface area contributed by atoms with Gasteiger partial charge in [-0.1, -0.05) is 25.0 Å². The maximum absolute atomic E-state index is 14.1. The zero-order chi connectivity index (χ0) is 26.1. The van der Waals surface area contributed by atoms with Crippen molar-refractivity contribution in [3.63, 3.8) is 0 Å². The van der Waals surface area contributed by atoms with Crippen molar-refractivity contribution in [1.29, 1.82) is 0 Å². The van der Waals surface area contributed by atoms with E-state index in [1.807, 2.05) is 0 Å². The highest BCUT2D eigenvalue weighted by atomic mass is 32.1. The van der Waals surface area contributed by atoms with Crippen molar-refractivity contribution in [2.75, 3.05) is 17.4 Å². The minimum atomic E-state index is -1.20. The second-order valence-corrected chi connectivity index (χ2v) is 9.57. The molecule has 0 bridgehead atoms. The van der Waals surface area contributed by atoms with Crippen LogP contribution in [0.4, 0.5) is 15.8 Å². The van der Waals surface area contributed by atoms with Gasteiger partial charge in [0.05, 0.1) is 5.69 Å². The zero-order valence-electron chi connectivity index (χ0n) is 19.6. The van der Waals surface area contributed by atoms with Crippen LogP contribution in [0.3, 0.4) is 0 Å². The Morgan fingerprint density at radius 2 is 1.78 bits per heavy atom. The maximum Gasteiger partial charge on any atom is 0.273 e. The van der Waals surface area contributed by atoms with E-state index in [-0.39, 0.29) is 29.1 Å². The normalized spacial score (nSPS) is 15.4. The number of ether oxygens (including phenoxy) is 2. The maximum atomic E-state index is 14.1. The third kappa shape index (κ3) is 4.79. The van der Waals surface area contributed by atoms with Gasteiger partial charge >= 0.3 is 0 Å². The fourth-order valence-electron chi connectivity index (χ4n) is 4.57. The smallest absolute Gasteiger partial charge is 0.273 e. The number of nitrogens with one attached hydrogen (secondary N) is 1. The molecule has 1 atom stereocenters. The lowest BCUT2D eigenvalue weighted by Crippen LogP contribution is -2.46. The highest BCUT2D eigenvalue weighted by Crippen LogP contribution is 2.40. The lowest BCUT2D eigenvalue weighted by molar-refractivity contribution is -0.123. The molecule has 3 amide bonds. The van der Waals surface area contributed by atoms with Crippen LogP contribution in [0.5, 0.6) is 11.5 Å². The van der Waals surface area contributed by atoms with Crippen molar-refractivity contribution in [3.05, 3.63) is 64.4 Å². The molecule has 0 saturated heterocycles. The van der Waals surface area contributed by atoms with Crippen LogP contribution in [0, 0.1) is 5.82 Å². The summed E-state index contributed by atoms with van der Waals surface area (Å²) in [5, 5.41) is 3.04. The SMILES string of the molecule is NC(=O)c1nsc(C(=O)N(c2ccc3c(c2)OCO3)[C@@H](C(=O)NC2CCCC2)c2ccc(F)cc2)c1N. The second kappa shape index (κ2) is 10.1. The van der Waals surface area contributed by atoms with Gasteiger partial charge in [0, 0.05) is 17.8 Å². The third-order valence-corrected chi connectivity index (χ3v) is 7.25. The molecular weight excluding hydrogens is 501 g/mol. The molecule has 3 aromatic rings. The van der Waals surface area contributed by atoms with Gasteiger partial charge in [-0.2, -0.15) is 4.37 Å². The Morgan fingerprint density at radius 1 is 1.08 bits per heavy atom. The van der Waals surface area contributed by atoms with Gasteiger partial charge in [0.25, 0.3) is 11.8 Å². The molecule has 12 heteroatoms. The standard InChI is InChI=1S/C25H24FN5O5S/c26-14-7-5-13(6-8-14)21(24(33)29-15-3-1-2-4-15)31(16-9-10-17-18(11-16)36-12-35-17)25(34)22-19(27)20(23(28)32)30-37-22/h5-11,15,21H,1-4,12,27H2,(H2,28,32)(H,29,33)/t21-/m1/s1. The fourth-order valence-corrected chi connectivity index (χ4v) is 5.31. The molecule has 1 fully saturated rings. The van der Waals surface area contributed by atoms with Gasteiger partial charge in [-0.3, -0.25) is 19.3 Å². The van der Waals surface area contributed by atoms with Gasteiger partial charge in [-0.25, -0.2) is 4.39 Å². The fraction of sp³-hybridized carbons (Fsp3) is 0.280. The van der Waals surface area contributed by atoms with E-state index in [0.29, 0.717) is 34.3 Å². The van der Waals surface area contributed by atoms with Crippen LogP contribution < -0.4 is 31.2 Å². The number of nitrogens with zero attached hydrogens (tertiary/aromatic N) is 2. The molecule has 1 aliphatic heterocycles. The van der Waals surface area contributed by atoms with E-state index in [9.17, 15) is 18.8 Å². The number of halogens is 1. The monoisotopic (exact) mass is 525 g/mol. The number of rotatable bonds is 7. The molecule has 1 saturated carbocycles. The molecule has 5 rings (SSSR count). The third-order valence-electron chi connectivity index (χ3n) is 6.40. The molecule has 0 spiro atoms. The van der Waals surface area contributed by atoms with Crippen LogP contribution >= 0.6 is 11.5 Å². The number of nitrogen functional groups attached to an aromatic ring is 1. The molecule has 2 heterocycles. The molecule has 2 aromatic carbocycles. The first-order chi connectivity index (χ1) is 17.8. The van der Waals surface area contributed by atoms with Crippen LogP contribution in [-0.2, 0) is 4.79 Å². The highest BCUT2D eigenvalue weighted by Gasteiger charge is 2.37. The van der Waals surface area contributed by atoms with E-state index in [1.165, 1.54) is 29.2 Å². The van der Waals surface area contributed by atoms with Crippen molar-refractivity contribution in [2.24, 2.45) is 5.73 Å².